The summed E-state index contributed by atoms with van der Waals surface area (Å²) in [5, 5.41) is 12.3. The molecule has 0 spiro atoms. The van der Waals surface area contributed by atoms with Crippen LogP contribution in [0.1, 0.15) is 12.0 Å². The summed E-state index contributed by atoms with van der Waals surface area (Å²) in [5.41, 5.74) is 8.68. The maximum absolute atomic E-state index is 11.6. The van der Waals surface area contributed by atoms with Gasteiger partial charge in [0.2, 0.25) is 5.91 Å². The Morgan fingerprint density at radius 3 is 3.00 bits per heavy atom. The van der Waals surface area contributed by atoms with Gasteiger partial charge in [-0.3, -0.25) is 4.79 Å². The minimum atomic E-state index is -0.390. The first-order valence-corrected chi connectivity index (χ1v) is 7.81. The molecule has 1 heterocycles. The third kappa shape index (κ3) is 6.77. The maximum Gasteiger partial charge on any atom is 0.245 e. The fourth-order valence-electron chi connectivity index (χ4n) is 1.61. The highest BCUT2D eigenvalue weighted by atomic mass is 35.5. The molecule has 1 aromatic heterocycles. The Balaban J connectivity index is 1.68. The molecule has 25 heavy (non-hydrogen) atoms. The highest BCUT2D eigenvalue weighted by Gasteiger charge is 2.02. The van der Waals surface area contributed by atoms with Gasteiger partial charge in [-0.15, -0.1) is 0 Å². The van der Waals surface area contributed by atoms with Crippen LogP contribution in [0.5, 0.6) is 0 Å². The van der Waals surface area contributed by atoms with Crippen LogP contribution in [0.25, 0.3) is 0 Å². The van der Waals surface area contributed by atoms with E-state index in [1.54, 1.807) is 18.2 Å². The molecule has 1 aromatic carbocycles. The summed E-state index contributed by atoms with van der Waals surface area (Å²) in [6.07, 6.45) is 4.15. The van der Waals surface area contributed by atoms with E-state index in [0.717, 1.165) is 5.56 Å². The van der Waals surface area contributed by atoms with Crippen molar-refractivity contribution in [3.8, 4) is 0 Å². The number of amides is 1. The molecule has 0 radical (unpaired) electrons. The second kappa shape index (κ2) is 9.60. The standard InChI is InChI=1S/C14H15Cl2N7O2/c15-11-2-1-10(12(16)5-11)7-25-20-4-3-14(24)22-21-13(17)6-23-9-18-8-19-23/h1-2,4-5,8-9H,3,6-7H2,(H2,17,21)(H,22,24)/b20-4-. The van der Waals surface area contributed by atoms with Crippen molar-refractivity contribution in [3.63, 3.8) is 0 Å². The molecule has 2 rings (SSSR count). The Labute approximate surface area is 153 Å². The summed E-state index contributed by atoms with van der Waals surface area (Å²) >= 11 is 11.8. The molecule has 0 fully saturated rings. The van der Waals surface area contributed by atoms with Gasteiger partial charge in [0.15, 0.2) is 0 Å². The summed E-state index contributed by atoms with van der Waals surface area (Å²) < 4.78 is 1.47. The van der Waals surface area contributed by atoms with Crippen LogP contribution >= 0.6 is 23.2 Å². The molecule has 0 saturated carbocycles. The van der Waals surface area contributed by atoms with E-state index < -0.39 is 5.91 Å². The van der Waals surface area contributed by atoms with Crippen LogP contribution in [-0.4, -0.2) is 32.7 Å². The Hall–Kier alpha value is -2.65. The van der Waals surface area contributed by atoms with Crippen LogP contribution in [0.4, 0.5) is 0 Å². The van der Waals surface area contributed by atoms with Crippen LogP contribution < -0.4 is 11.2 Å². The lowest BCUT2D eigenvalue weighted by Gasteiger charge is -2.03. The van der Waals surface area contributed by atoms with Gasteiger partial charge in [-0.05, 0) is 12.1 Å². The Morgan fingerprint density at radius 1 is 1.44 bits per heavy atom. The number of nitrogens with zero attached hydrogens (tertiary/aromatic N) is 5. The first kappa shape index (κ1) is 18.7. The number of carbonyl (C=O) groups excluding carboxylic acids is 1. The van der Waals surface area contributed by atoms with Gasteiger partial charge < -0.3 is 10.6 Å². The van der Waals surface area contributed by atoms with Crippen LogP contribution in [0.15, 0.2) is 41.1 Å². The summed E-state index contributed by atoms with van der Waals surface area (Å²) in [4.78, 5) is 20.4. The van der Waals surface area contributed by atoms with E-state index in [0.29, 0.717) is 10.0 Å². The van der Waals surface area contributed by atoms with Gasteiger partial charge in [-0.2, -0.15) is 10.2 Å². The quantitative estimate of drug-likeness (QED) is 0.407. The first-order valence-electron chi connectivity index (χ1n) is 7.05. The third-order valence-electron chi connectivity index (χ3n) is 2.78. The van der Waals surface area contributed by atoms with Crippen LogP contribution in [0.2, 0.25) is 10.0 Å². The molecule has 0 aliphatic rings. The minimum absolute atomic E-state index is 0.0194. The third-order valence-corrected chi connectivity index (χ3v) is 3.36. The van der Waals surface area contributed by atoms with E-state index in [2.05, 4.69) is 25.8 Å². The molecular formula is C14H15Cl2N7O2. The van der Waals surface area contributed by atoms with Crippen molar-refractivity contribution < 1.29 is 9.63 Å². The normalized spacial score (nSPS) is 11.7. The summed E-state index contributed by atoms with van der Waals surface area (Å²) in [5.74, 6) is -0.206. The van der Waals surface area contributed by atoms with Crippen molar-refractivity contribution in [2.45, 2.75) is 19.6 Å². The van der Waals surface area contributed by atoms with E-state index in [1.807, 2.05) is 0 Å². The monoisotopic (exact) mass is 383 g/mol. The second-order valence-corrected chi connectivity index (χ2v) is 5.58. The number of amidine groups is 1. The maximum atomic E-state index is 11.6. The molecule has 0 aliphatic carbocycles. The average molecular weight is 384 g/mol. The molecule has 0 atom stereocenters. The molecule has 3 N–H and O–H groups in total. The molecule has 0 unspecified atom stereocenters. The van der Waals surface area contributed by atoms with Gasteiger partial charge in [0, 0.05) is 15.6 Å². The zero-order chi connectivity index (χ0) is 18.1. The van der Waals surface area contributed by atoms with Crippen molar-refractivity contribution in [1.82, 2.24) is 20.2 Å². The SMILES string of the molecule is N/C(Cn1cncn1)=N/NC(=O)C/C=N\OCc1ccc(Cl)cc1Cl. The van der Waals surface area contributed by atoms with Gasteiger partial charge in [-0.1, -0.05) is 34.4 Å². The van der Waals surface area contributed by atoms with E-state index in [-0.39, 0.29) is 25.4 Å². The fourth-order valence-corrected chi connectivity index (χ4v) is 2.08. The predicted octanol–water partition coefficient (Wildman–Crippen LogP) is 1.57. The number of oxime groups is 1. The number of hydrogen-bond acceptors (Lipinski definition) is 6. The molecule has 0 saturated heterocycles. The van der Waals surface area contributed by atoms with Gasteiger partial charge in [-0.25, -0.2) is 15.1 Å². The topological polar surface area (TPSA) is 120 Å². The van der Waals surface area contributed by atoms with E-state index >= 15 is 0 Å². The van der Waals surface area contributed by atoms with Crippen LogP contribution in [0.3, 0.4) is 0 Å². The van der Waals surface area contributed by atoms with Crippen molar-refractivity contribution in [2.24, 2.45) is 16.0 Å². The minimum Gasteiger partial charge on any atom is -0.391 e. The Morgan fingerprint density at radius 2 is 2.28 bits per heavy atom. The van der Waals surface area contributed by atoms with Gasteiger partial charge in [0.1, 0.15) is 31.6 Å². The molecule has 9 nitrogen and oxygen atoms in total. The number of nitrogens with two attached hydrogens (primary N) is 1. The fraction of sp³-hybridized carbons (Fsp3) is 0.214. The number of hydrazone groups is 1. The van der Waals surface area contributed by atoms with E-state index in [9.17, 15) is 4.79 Å². The van der Waals surface area contributed by atoms with Crippen molar-refractivity contribution in [1.29, 1.82) is 0 Å². The zero-order valence-electron chi connectivity index (χ0n) is 13.0. The molecular weight excluding hydrogens is 369 g/mol. The van der Waals surface area contributed by atoms with Gasteiger partial charge in [0.25, 0.3) is 0 Å². The number of nitrogens with one attached hydrogen (secondary N) is 1. The summed E-state index contributed by atoms with van der Waals surface area (Å²) in [6.45, 7) is 0.385. The number of halogens is 2. The average Bonchev–Trinajstić information content (AvgIpc) is 3.07. The number of aromatic nitrogens is 3. The largest absolute Gasteiger partial charge is 0.391 e. The van der Waals surface area contributed by atoms with E-state index in [1.165, 1.54) is 23.6 Å². The lowest BCUT2D eigenvalue weighted by atomic mass is 10.2. The summed E-state index contributed by atoms with van der Waals surface area (Å²) in [6, 6.07) is 5.05. The lowest BCUT2D eigenvalue weighted by molar-refractivity contribution is -0.119. The Bertz CT molecular complexity index is 763. The van der Waals surface area contributed by atoms with Crippen LogP contribution in [0, 0.1) is 0 Å². The smallest absolute Gasteiger partial charge is 0.245 e. The highest BCUT2D eigenvalue weighted by Crippen LogP contribution is 2.21. The molecule has 1 amide bonds. The molecule has 0 aliphatic heterocycles. The van der Waals surface area contributed by atoms with Crippen molar-refractivity contribution >= 4 is 41.2 Å². The van der Waals surface area contributed by atoms with Crippen molar-refractivity contribution in [2.75, 3.05) is 0 Å². The summed E-state index contributed by atoms with van der Waals surface area (Å²) in [7, 11) is 0. The second-order valence-electron chi connectivity index (χ2n) is 4.73. The molecule has 11 heteroatoms. The highest BCUT2D eigenvalue weighted by molar-refractivity contribution is 6.35. The number of benzene rings is 1. The molecule has 2 aromatic rings. The van der Waals surface area contributed by atoms with Crippen molar-refractivity contribution in [3.05, 3.63) is 46.5 Å². The zero-order valence-corrected chi connectivity index (χ0v) is 14.5. The Kier molecular flexibility index (Phi) is 7.17. The predicted molar refractivity (Wildman–Crippen MR) is 94.1 cm³/mol. The van der Waals surface area contributed by atoms with E-state index in [4.69, 9.17) is 33.8 Å². The first-order chi connectivity index (χ1) is 12.0. The molecule has 0 bridgehead atoms. The number of hydrogen-bond donors (Lipinski definition) is 2. The lowest BCUT2D eigenvalue weighted by Crippen LogP contribution is -2.26. The van der Waals surface area contributed by atoms with Gasteiger partial charge in [0.05, 0.1) is 12.6 Å². The number of rotatable bonds is 8. The van der Waals surface area contributed by atoms with Gasteiger partial charge >= 0.3 is 0 Å². The van der Waals surface area contributed by atoms with Crippen LogP contribution in [-0.2, 0) is 22.8 Å². The number of carbonyl (C=O) groups is 1. The molecule has 132 valence electrons.